The van der Waals surface area contributed by atoms with Gasteiger partial charge in [-0.15, -0.1) is 0 Å². The van der Waals surface area contributed by atoms with Crippen LogP contribution in [0.2, 0.25) is 0 Å². The quantitative estimate of drug-likeness (QED) is 0.439. The van der Waals surface area contributed by atoms with Crippen LogP contribution in [0.3, 0.4) is 0 Å². The lowest BCUT2D eigenvalue weighted by atomic mass is 10.3. The minimum absolute atomic E-state index is 0.611. The fraction of sp³-hybridized carbons (Fsp3) is 0.500. The molecule has 0 aromatic heterocycles. The Morgan fingerprint density at radius 3 is 1.75 bits per heavy atom. The van der Waals surface area contributed by atoms with Crippen LogP contribution in [0.4, 0.5) is 0 Å². The number of halogens is 2. The second-order valence-corrected chi connectivity index (χ2v) is 2.32. The maximum Gasteiger partial charge on any atom is 0.230 e. The molecule has 0 aromatic rings. The minimum atomic E-state index is -1.20. The van der Waals surface area contributed by atoms with E-state index in [4.69, 9.17) is 23.2 Å². The van der Waals surface area contributed by atoms with Crippen LogP contribution in [0.25, 0.3) is 0 Å². The van der Waals surface area contributed by atoms with Crippen molar-refractivity contribution in [3.63, 3.8) is 0 Å². The summed E-state index contributed by atoms with van der Waals surface area (Å²) < 4.78 is 0. The minimum Gasteiger partial charge on any atom is -0.291 e. The molecule has 0 atom stereocenters. The Morgan fingerprint density at radius 1 is 1.38 bits per heavy atom. The fourth-order valence-corrected chi connectivity index (χ4v) is 0.461. The summed E-state index contributed by atoms with van der Waals surface area (Å²) in [6, 6.07) is 0. The molecule has 0 amide bonds. The first-order valence-electron chi connectivity index (χ1n) is 1.88. The van der Waals surface area contributed by atoms with Gasteiger partial charge in [-0.2, -0.15) is 0 Å². The van der Waals surface area contributed by atoms with E-state index >= 15 is 0 Å². The van der Waals surface area contributed by atoms with Gasteiger partial charge < -0.3 is 0 Å². The Kier molecular flexibility index (Phi) is 3.02. The summed E-state index contributed by atoms with van der Waals surface area (Å²) in [6.45, 7) is 1.13. The van der Waals surface area contributed by atoms with E-state index in [1.54, 1.807) is 0 Å². The van der Waals surface area contributed by atoms with E-state index in [1.165, 1.54) is 0 Å². The van der Waals surface area contributed by atoms with Crippen LogP contribution in [0.15, 0.2) is 0 Å². The van der Waals surface area contributed by atoms with Crippen LogP contribution in [-0.2, 0) is 9.59 Å². The molecule has 0 spiro atoms. The van der Waals surface area contributed by atoms with Gasteiger partial charge in [0.25, 0.3) is 0 Å². The van der Waals surface area contributed by atoms with E-state index in [0.717, 1.165) is 6.92 Å². The van der Waals surface area contributed by atoms with E-state index in [-0.39, 0.29) is 0 Å². The summed E-state index contributed by atoms with van der Waals surface area (Å²) in [5, 5.41) is 0. The zero-order valence-corrected chi connectivity index (χ0v) is 5.66. The Morgan fingerprint density at radius 2 is 1.75 bits per heavy atom. The average molecular weight is 155 g/mol. The number of ketones is 2. The molecular formula is C4H4Cl2O2. The lowest BCUT2D eigenvalue weighted by molar-refractivity contribution is -0.134. The maximum absolute atomic E-state index is 10.2. The summed E-state index contributed by atoms with van der Waals surface area (Å²) in [7, 11) is 0. The largest absolute Gasteiger partial charge is 0.291 e. The third kappa shape index (κ3) is 2.28. The van der Waals surface area contributed by atoms with E-state index < -0.39 is 16.4 Å². The van der Waals surface area contributed by atoms with Gasteiger partial charge in [-0.05, 0) is 0 Å². The van der Waals surface area contributed by atoms with Crippen molar-refractivity contribution in [3.05, 3.63) is 0 Å². The van der Waals surface area contributed by atoms with E-state index in [0.29, 0.717) is 0 Å². The molecule has 0 fully saturated rings. The molecule has 0 bridgehead atoms. The highest BCUT2D eigenvalue weighted by Gasteiger charge is 2.15. The van der Waals surface area contributed by atoms with Gasteiger partial charge in [-0.1, -0.05) is 23.2 Å². The maximum atomic E-state index is 10.2. The molecule has 0 aromatic carbocycles. The van der Waals surface area contributed by atoms with Gasteiger partial charge in [0.2, 0.25) is 5.78 Å². The van der Waals surface area contributed by atoms with Gasteiger partial charge in [0.05, 0.1) is 0 Å². The number of Topliss-reactive ketones (excluding diaryl/α,β-unsaturated/α-hetero) is 2. The zero-order valence-electron chi connectivity index (χ0n) is 4.15. The third-order valence-corrected chi connectivity index (χ3v) is 0.942. The molecule has 0 aliphatic rings. The van der Waals surface area contributed by atoms with Gasteiger partial charge in [-0.25, -0.2) is 0 Å². The lowest BCUT2D eigenvalue weighted by Gasteiger charge is -1.90. The van der Waals surface area contributed by atoms with Gasteiger partial charge in [-0.3, -0.25) is 9.59 Å². The number of carbonyl (C=O) groups is 2. The van der Waals surface area contributed by atoms with Crippen LogP contribution in [-0.4, -0.2) is 16.4 Å². The molecule has 2 nitrogen and oxygen atoms in total. The molecule has 0 N–H and O–H groups in total. The van der Waals surface area contributed by atoms with Crippen LogP contribution in [0.1, 0.15) is 6.92 Å². The highest BCUT2D eigenvalue weighted by Crippen LogP contribution is 2.02. The molecular weight excluding hydrogens is 151 g/mol. The Hall–Kier alpha value is -0.0800. The molecule has 4 heteroatoms. The number of hydrogen-bond donors (Lipinski definition) is 0. The zero-order chi connectivity index (χ0) is 6.73. The van der Waals surface area contributed by atoms with Crippen LogP contribution in [0, 0.1) is 0 Å². The molecule has 0 unspecified atom stereocenters. The fourth-order valence-electron chi connectivity index (χ4n) is 0.154. The monoisotopic (exact) mass is 154 g/mol. The van der Waals surface area contributed by atoms with Crippen molar-refractivity contribution in [1.82, 2.24) is 0 Å². The highest BCUT2D eigenvalue weighted by molar-refractivity contribution is 6.63. The van der Waals surface area contributed by atoms with E-state index in [2.05, 4.69) is 0 Å². The van der Waals surface area contributed by atoms with Crippen molar-refractivity contribution < 1.29 is 9.59 Å². The Balaban J connectivity index is 3.84. The van der Waals surface area contributed by atoms with Crippen LogP contribution >= 0.6 is 23.2 Å². The van der Waals surface area contributed by atoms with Crippen molar-refractivity contribution in [1.29, 1.82) is 0 Å². The molecule has 0 aliphatic carbocycles. The number of rotatable bonds is 2. The average Bonchev–Trinajstić information content (AvgIpc) is 1.64. The molecule has 0 saturated heterocycles. The molecule has 0 aliphatic heterocycles. The molecule has 46 valence electrons. The van der Waals surface area contributed by atoms with Gasteiger partial charge >= 0.3 is 0 Å². The third-order valence-electron chi connectivity index (χ3n) is 0.545. The molecule has 8 heavy (non-hydrogen) atoms. The lowest BCUT2D eigenvalue weighted by Crippen LogP contribution is -2.16. The first kappa shape index (κ1) is 7.92. The first-order chi connectivity index (χ1) is 3.55. The summed E-state index contributed by atoms with van der Waals surface area (Å²) in [5.41, 5.74) is 0. The Labute approximate surface area is 56.8 Å². The second-order valence-electron chi connectivity index (χ2n) is 1.22. The smallest absolute Gasteiger partial charge is 0.230 e. The van der Waals surface area contributed by atoms with E-state index in [1.807, 2.05) is 0 Å². The topological polar surface area (TPSA) is 34.1 Å². The van der Waals surface area contributed by atoms with Crippen molar-refractivity contribution in [2.45, 2.75) is 11.8 Å². The standard InChI is InChI=1S/C4H4Cl2O2/c1-2(7)3(8)4(5)6/h4H,1H3. The van der Waals surface area contributed by atoms with Gasteiger partial charge in [0.15, 0.2) is 10.6 Å². The van der Waals surface area contributed by atoms with Crippen LogP contribution in [0.5, 0.6) is 0 Å². The molecule has 0 rings (SSSR count). The SMILES string of the molecule is CC(=O)C(=O)C(Cl)Cl. The normalized spacial score (nSPS) is 9.50. The highest BCUT2D eigenvalue weighted by atomic mass is 35.5. The summed E-state index contributed by atoms with van der Waals surface area (Å²) in [6.07, 6.45) is 0. The van der Waals surface area contributed by atoms with Gasteiger partial charge in [0.1, 0.15) is 0 Å². The number of hydrogen-bond acceptors (Lipinski definition) is 2. The summed E-state index contributed by atoms with van der Waals surface area (Å²) in [4.78, 5) is 19.1. The second kappa shape index (κ2) is 3.05. The van der Waals surface area contributed by atoms with Crippen molar-refractivity contribution in [2.75, 3.05) is 0 Å². The van der Waals surface area contributed by atoms with Crippen LogP contribution < -0.4 is 0 Å². The number of alkyl halides is 2. The first-order valence-corrected chi connectivity index (χ1v) is 2.76. The van der Waals surface area contributed by atoms with Crippen molar-refractivity contribution in [3.8, 4) is 0 Å². The Bertz CT molecular complexity index is 119. The van der Waals surface area contributed by atoms with E-state index in [9.17, 15) is 9.59 Å². The molecule has 0 saturated carbocycles. The van der Waals surface area contributed by atoms with Gasteiger partial charge in [0, 0.05) is 6.92 Å². The summed E-state index contributed by atoms with van der Waals surface area (Å²) >= 11 is 10.0. The number of carbonyl (C=O) groups excluding carboxylic acids is 2. The van der Waals surface area contributed by atoms with Crippen molar-refractivity contribution in [2.24, 2.45) is 0 Å². The van der Waals surface area contributed by atoms with Crippen molar-refractivity contribution >= 4 is 34.8 Å². The summed E-state index contributed by atoms with van der Waals surface area (Å²) in [5.74, 6) is -1.37. The molecule has 0 heterocycles. The predicted octanol–water partition coefficient (Wildman–Crippen LogP) is 0.948. The predicted molar refractivity (Wildman–Crippen MR) is 31.2 cm³/mol. The molecule has 0 radical (unpaired) electrons.